The number of hydrogen-bond acceptors (Lipinski definition) is 4. The van der Waals surface area contributed by atoms with Crippen molar-refractivity contribution in [1.82, 2.24) is 9.38 Å². The Bertz CT molecular complexity index is 999. The molecule has 0 N–H and O–H groups in total. The number of carbonyl (C=O) groups excluding carboxylic acids is 1. The number of anilines is 1. The molecule has 4 rings (SSSR count). The lowest BCUT2D eigenvalue weighted by atomic mass is 10.1. The molecule has 0 radical (unpaired) electrons. The number of amides is 1. The molecule has 1 unspecified atom stereocenters. The van der Waals surface area contributed by atoms with E-state index in [-0.39, 0.29) is 23.1 Å². The monoisotopic (exact) mass is 337 g/mol. The van der Waals surface area contributed by atoms with Gasteiger partial charge in [0.05, 0.1) is 5.69 Å². The molecule has 0 saturated heterocycles. The molecule has 1 atom stereocenters. The maximum absolute atomic E-state index is 13.1. The topological polar surface area (TPSA) is 54.7 Å². The zero-order valence-corrected chi connectivity index (χ0v) is 13.9. The van der Waals surface area contributed by atoms with Crippen molar-refractivity contribution in [2.24, 2.45) is 0 Å². The average Bonchev–Trinajstić information content (AvgIpc) is 2.62. The number of benzene rings is 1. The summed E-state index contributed by atoms with van der Waals surface area (Å²) in [6.07, 6.45) is 3.02. The summed E-state index contributed by atoms with van der Waals surface area (Å²) in [4.78, 5) is 32.8. The van der Waals surface area contributed by atoms with E-state index in [9.17, 15) is 9.59 Å². The second-order valence-electron chi connectivity index (χ2n) is 5.71. The zero-order valence-electron chi connectivity index (χ0n) is 13.0. The molecule has 0 fully saturated rings. The first-order chi connectivity index (χ1) is 11.7. The molecule has 0 aliphatic carbocycles. The fraction of sp³-hybridized carbons (Fsp3) is 0.167. The van der Waals surface area contributed by atoms with Gasteiger partial charge >= 0.3 is 0 Å². The van der Waals surface area contributed by atoms with Gasteiger partial charge in [-0.2, -0.15) is 0 Å². The van der Waals surface area contributed by atoms with Gasteiger partial charge in [0.15, 0.2) is 0 Å². The molecule has 5 nitrogen and oxygen atoms in total. The molecule has 120 valence electrons. The third-order valence-electron chi connectivity index (χ3n) is 4.11. The Hall–Kier alpha value is -2.60. The number of para-hydroxylation sites is 1. The van der Waals surface area contributed by atoms with Gasteiger partial charge in [-0.25, -0.2) is 4.98 Å². The molecule has 1 aromatic carbocycles. The SMILES string of the molecule is CC1CSc2ccccc2N1C(=O)c1cnc2ccccn2c1=O. The maximum Gasteiger partial charge on any atom is 0.270 e. The fourth-order valence-corrected chi connectivity index (χ4v) is 3.97. The Morgan fingerprint density at radius 3 is 2.88 bits per heavy atom. The molecule has 3 aromatic rings. The average molecular weight is 337 g/mol. The molecule has 1 amide bonds. The van der Waals surface area contributed by atoms with Crippen LogP contribution < -0.4 is 10.5 Å². The van der Waals surface area contributed by atoms with Gasteiger partial charge in [0.25, 0.3) is 11.5 Å². The number of fused-ring (bicyclic) bond motifs is 2. The molecule has 1 aliphatic rings. The van der Waals surface area contributed by atoms with Crippen LogP contribution >= 0.6 is 11.8 Å². The summed E-state index contributed by atoms with van der Waals surface area (Å²) in [5.74, 6) is 0.497. The lowest BCUT2D eigenvalue weighted by Crippen LogP contribution is -2.44. The van der Waals surface area contributed by atoms with E-state index in [1.54, 1.807) is 35.0 Å². The molecular weight excluding hydrogens is 322 g/mol. The number of nitrogens with zero attached hydrogens (tertiary/aromatic N) is 3. The standard InChI is InChI=1S/C18H15N3O2S/c1-12-11-24-15-7-3-2-6-14(15)21(12)18(23)13-10-19-16-8-4-5-9-20(16)17(13)22/h2-10,12H,11H2,1H3. The van der Waals surface area contributed by atoms with Gasteiger partial charge in [0.2, 0.25) is 0 Å². The lowest BCUT2D eigenvalue weighted by molar-refractivity contribution is 0.0977. The van der Waals surface area contributed by atoms with E-state index in [1.165, 1.54) is 10.6 Å². The van der Waals surface area contributed by atoms with E-state index in [2.05, 4.69) is 4.98 Å². The molecule has 3 heterocycles. The summed E-state index contributed by atoms with van der Waals surface area (Å²) >= 11 is 1.73. The van der Waals surface area contributed by atoms with Crippen LogP contribution in [0, 0.1) is 0 Å². The molecule has 2 aromatic heterocycles. The number of hydrogen-bond donors (Lipinski definition) is 0. The van der Waals surface area contributed by atoms with Crippen molar-refractivity contribution in [3.63, 3.8) is 0 Å². The Labute approximate surface area is 142 Å². The minimum atomic E-state index is -0.339. The van der Waals surface area contributed by atoms with Crippen LogP contribution in [0.1, 0.15) is 17.3 Å². The molecule has 1 aliphatic heterocycles. The number of thioether (sulfide) groups is 1. The molecular formula is C18H15N3O2S. The minimum absolute atomic E-state index is 0.00766. The van der Waals surface area contributed by atoms with E-state index in [4.69, 9.17) is 0 Å². The number of carbonyl (C=O) groups is 1. The first-order valence-electron chi connectivity index (χ1n) is 7.68. The van der Waals surface area contributed by atoms with Crippen LogP contribution in [0.25, 0.3) is 5.65 Å². The van der Waals surface area contributed by atoms with Gasteiger partial charge in [-0.1, -0.05) is 18.2 Å². The Morgan fingerprint density at radius 1 is 1.21 bits per heavy atom. The third-order valence-corrected chi connectivity index (χ3v) is 5.41. The van der Waals surface area contributed by atoms with Gasteiger partial charge in [-0.3, -0.25) is 14.0 Å². The highest BCUT2D eigenvalue weighted by molar-refractivity contribution is 7.99. The van der Waals surface area contributed by atoms with Crippen molar-refractivity contribution in [1.29, 1.82) is 0 Å². The van der Waals surface area contributed by atoms with E-state index < -0.39 is 0 Å². The summed E-state index contributed by atoms with van der Waals surface area (Å²) < 4.78 is 1.41. The largest absolute Gasteiger partial charge is 0.303 e. The smallest absolute Gasteiger partial charge is 0.270 e. The van der Waals surface area contributed by atoms with Gasteiger partial charge in [0.1, 0.15) is 11.2 Å². The van der Waals surface area contributed by atoms with Crippen molar-refractivity contribution in [2.45, 2.75) is 17.9 Å². The van der Waals surface area contributed by atoms with Crippen LogP contribution in [0.3, 0.4) is 0 Å². The molecule has 0 saturated carbocycles. The predicted molar refractivity (Wildman–Crippen MR) is 94.9 cm³/mol. The van der Waals surface area contributed by atoms with Crippen LogP contribution in [-0.2, 0) is 0 Å². The first-order valence-corrected chi connectivity index (χ1v) is 8.67. The first kappa shape index (κ1) is 15.0. The molecule has 6 heteroatoms. The zero-order chi connectivity index (χ0) is 16.7. The molecule has 0 bridgehead atoms. The van der Waals surface area contributed by atoms with Gasteiger partial charge < -0.3 is 4.90 Å². The molecule has 0 spiro atoms. The predicted octanol–water partition coefficient (Wildman–Crippen LogP) is 2.84. The summed E-state index contributed by atoms with van der Waals surface area (Å²) in [6.45, 7) is 1.99. The van der Waals surface area contributed by atoms with Gasteiger partial charge in [-0.15, -0.1) is 11.8 Å². The second kappa shape index (κ2) is 5.79. The Balaban J connectivity index is 1.85. The Kier molecular flexibility index (Phi) is 3.61. The van der Waals surface area contributed by atoms with Crippen molar-refractivity contribution in [2.75, 3.05) is 10.7 Å². The van der Waals surface area contributed by atoms with Gasteiger partial charge in [0, 0.05) is 29.1 Å². The number of aromatic nitrogens is 2. The van der Waals surface area contributed by atoms with E-state index in [0.717, 1.165) is 16.3 Å². The summed E-state index contributed by atoms with van der Waals surface area (Å²) in [5.41, 5.74) is 1.13. The van der Waals surface area contributed by atoms with E-state index in [0.29, 0.717) is 5.65 Å². The summed E-state index contributed by atoms with van der Waals surface area (Å²) in [6, 6.07) is 13.1. The highest BCUT2D eigenvalue weighted by Gasteiger charge is 2.31. The second-order valence-corrected chi connectivity index (χ2v) is 6.77. The summed E-state index contributed by atoms with van der Waals surface area (Å²) in [7, 11) is 0. The fourth-order valence-electron chi connectivity index (χ4n) is 2.91. The van der Waals surface area contributed by atoms with Crippen molar-refractivity contribution < 1.29 is 4.79 Å². The number of pyridine rings is 1. The summed E-state index contributed by atoms with van der Waals surface area (Å²) in [5, 5.41) is 0. The normalized spacial score (nSPS) is 16.9. The van der Waals surface area contributed by atoms with Crippen LogP contribution in [0.4, 0.5) is 5.69 Å². The lowest BCUT2D eigenvalue weighted by Gasteiger charge is -2.34. The van der Waals surface area contributed by atoms with Gasteiger partial charge in [-0.05, 0) is 31.2 Å². The van der Waals surface area contributed by atoms with E-state index in [1.807, 2.05) is 37.3 Å². The minimum Gasteiger partial charge on any atom is -0.303 e. The highest BCUT2D eigenvalue weighted by Crippen LogP contribution is 2.37. The maximum atomic E-state index is 13.1. The molecule has 24 heavy (non-hydrogen) atoms. The highest BCUT2D eigenvalue weighted by atomic mass is 32.2. The van der Waals surface area contributed by atoms with Crippen molar-refractivity contribution >= 4 is 29.0 Å². The third kappa shape index (κ3) is 2.30. The quantitative estimate of drug-likeness (QED) is 0.685. The van der Waals surface area contributed by atoms with E-state index >= 15 is 0 Å². The van der Waals surface area contributed by atoms with Crippen molar-refractivity contribution in [3.05, 3.63) is 70.8 Å². The number of rotatable bonds is 1. The van der Waals surface area contributed by atoms with Crippen LogP contribution in [-0.4, -0.2) is 27.1 Å². The van der Waals surface area contributed by atoms with Crippen molar-refractivity contribution in [3.8, 4) is 0 Å². The Morgan fingerprint density at radius 2 is 2.00 bits per heavy atom. The van der Waals surface area contributed by atoms with Crippen LogP contribution in [0.5, 0.6) is 0 Å². The van der Waals surface area contributed by atoms with Crippen LogP contribution in [0.15, 0.2) is 64.5 Å². The van der Waals surface area contributed by atoms with Crippen LogP contribution in [0.2, 0.25) is 0 Å².